The summed E-state index contributed by atoms with van der Waals surface area (Å²) in [5.74, 6) is -0.810. The number of benzene rings is 2. The van der Waals surface area contributed by atoms with Crippen LogP contribution in [-0.2, 0) is 4.79 Å². The van der Waals surface area contributed by atoms with E-state index < -0.39 is 17.6 Å². The molecule has 0 bridgehead atoms. The second-order valence-corrected chi connectivity index (χ2v) is 6.12. The minimum absolute atomic E-state index is 0.0350. The van der Waals surface area contributed by atoms with Crippen LogP contribution in [0.3, 0.4) is 0 Å². The van der Waals surface area contributed by atoms with E-state index in [1.54, 1.807) is 13.1 Å². The average molecular weight is 366 g/mol. The van der Waals surface area contributed by atoms with Crippen molar-refractivity contribution in [1.29, 1.82) is 0 Å². The molecule has 0 saturated heterocycles. The van der Waals surface area contributed by atoms with Gasteiger partial charge >= 0.3 is 0 Å². The van der Waals surface area contributed by atoms with Gasteiger partial charge in [-0.3, -0.25) is 9.59 Å². The van der Waals surface area contributed by atoms with E-state index in [2.05, 4.69) is 20.6 Å². The molecule has 0 fully saturated rings. The van der Waals surface area contributed by atoms with E-state index in [9.17, 15) is 14.0 Å². The van der Waals surface area contributed by atoms with Crippen molar-refractivity contribution in [3.8, 4) is 11.3 Å². The topological polar surface area (TPSA) is 86.9 Å². The SMILES string of the molecule is CC(=O)Nc1cc(C(=O)NC(C)c2ncc(-c3ccccc3)[nH]2)ccc1F. The summed E-state index contributed by atoms with van der Waals surface area (Å²) in [6.07, 6.45) is 1.71. The summed E-state index contributed by atoms with van der Waals surface area (Å²) in [7, 11) is 0. The van der Waals surface area contributed by atoms with Crippen LogP contribution in [0.2, 0.25) is 0 Å². The summed E-state index contributed by atoms with van der Waals surface area (Å²) >= 11 is 0. The lowest BCUT2D eigenvalue weighted by molar-refractivity contribution is -0.114. The molecule has 7 heteroatoms. The van der Waals surface area contributed by atoms with E-state index in [0.717, 1.165) is 17.3 Å². The number of hydrogen-bond acceptors (Lipinski definition) is 3. The number of rotatable bonds is 5. The number of aromatic amines is 1. The lowest BCUT2D eigenvalue weighted by Gasteiger charge is -2.13. The van der Waals surface area contributed by atoms with Gasteiger partial charge in [0, 0.05) is 12.5 Å². The number of aromatic nitrogens is 2. The van der Waals surface area contributed by atoms with Gasteiger partial charge in [-0.15, -0.1) is 0 Å². The van der Waals surface area contributed by atoms with E-state index >= 15 is 0 Å². The van der Waals surface area contributed by atoms with Crippen molar-refractivity contribution < 1.29 is 14.0 Å². The Bertz CT molecular complexity index is 969. The summed E-state index contributed by atoms with van der Waals surface area (Å²) in [5.41, 5.74) is 2.05. The first kappa shape index (κ1) is 18.3. The number of carbonyl (C=O) groups excluding carboxylic acids is 2. The third-order valence-electron chi connectivity index (χ3n) is 3.98. The zero-order valence-corrected chi connectivity index (χ0v) is 14.9. The number of amides is 2. The molecule has 2 aromatic carbocycles. The summed E-state index contributed by atoms with van der Waals surface area (Å²) in [5, 5.41) is 5.17. The van der Waals surface area contributed by atoms with Crippen molar-refractivity contribution in [2.75, 3.05) is 5.32 Å². The number of carbonyl (C=O) groups is 2. The molecular weight excluding hydrogens is 347 g/mol. The first-order valence-electron chi connectivity index (χ1n) is 8.42. The molecule has 6 nitrogen and oxygen atoms in total. The fourth-order valence-electron chi connectivity index (χ4n) is 2.62. The van der Waals surface area contributed by atoms with Gasteiger partial charge in [-0.25, -0.2) is 9.37 Å². The Balaban J connectivity index is 1.73. The highest BCUT2D eigenvalue weighted by Crippen LogP contribution is 2.20. The van der Waals surface area contributed by atoms with Gasteiger partial charge in [-0.2, -0.15) is 0 Å². The maximum Gasteiger partial charge on any atom is 0.251 e. The lowest BCUT2D eigenvalue weighted by Crippen LogP contribution is -2.27. The normalized spacial score (nSPS) is 11.7. The standard InChI is InChI=1S/C20H19FN4O2/c1-12(19-22-11-18(25-19)14-6-4-3-5-7-14)23-20(27)15-8-9-16(21)17(10-15)24-13(2)26/h3-12H,1-2H3,(H,22,25)(H,23,27)(H,24,26). The highest BCUT2D eigenvalue weighted by Gasteiger charge is 2.16. The first-order valence-corrected chi connectivity index (χ1v) is 8.42. The van der Waals surface area contributed by atoms with Crippen molar-refractivity contribution >= 4 is 17.5 Å². The third-order valence-corrected chi connectivity index (χ3v) is 3.98. The van der Waals surface area contributed by atoms with Crippen molar-refractivity contribution in [1.82, 2.24) is 15.3 Å². The van der Waals surface area contributed by atoms with Gasteiger partial charge in [0.25, 0.3) is 5.91 Å². The van der Waals surface area contributed by atoms with Crippen LogP contribution < -0.4 is 10.6 Å². The van der Waals surface area contributed by atoms with E-state index in [4.69, 9.17) is 0 Å². The molecule has 27 heavy (non-hydrogen) atoms. The molecule has 0 radical (unpaired) electrons. The van der Waals surface area contributed by atoms with E-state index in [1.807, 2.05) is 30.3 Å². The molecule has 0 aliphatic rings. The largest absolute Gasteiger partial charge is 0.342 e. The minimum Gasteiger partial charge on any atom is -0.342 e. The van der Waals surface area contributed by atoms with Crippen LogP contribution in [0.15, 0.2) is 54.7 Å². The Morgan fingerprint density at radius 3 is 2.59 bits per heavy atom. The van der Waals surface area contributed by atoms with Crippen LogP contribution in [0.5, 0.6) is 0 Å². The zero-order valence-electron chi connectivity index (χ0n) is 14.9. The number of hydrogen-bond donors (Lipinski definition) is 3. The van der Waals surface area contributed by atoms with Gasteiger partial charge < -0.3 is 15.6 Å². The molecule has 1 atom stereocenters. The van der Waals surface area contributed by atoms with Gasteiger partial charge in [0.2, 0.25) is 5.91 Å². The summed E-state index contributed by atoms with van der Waals surface area (Å²) in [6.45, 7) is 3.07. The zero-order chi connectivity index (χ0) is 19.4. The molecule has 3 rings (SSSR count). The van der Waals surface area contributed by atoms with Crippen LogP contribution in [0.25, 0.3) is 11.3 Å². The Kier molecular flexibility index (Phi) is 5.30. The van der Waals surface area contributed by atoms with Gasteiger partial charge in [0.1, 0.15) is 11.6 Å². The lowest BCUT2D eigenvalue weighted by atomic mass is 10.1. The highest BCUT2D eigenvalue weighted by molar-refractivity contribution is 5.97. The molecule has 3 N–H and O–H groups in total. The quantitative estimate of drug-likeness (QED) is 0.644. The third kappa shape index (κ3) is 4.38. The van der Waals surface area contributed by atoms with Crippen LogP contribution in [0, 0.1) is 5.82 Å². The minimum atomic E-state index is -0.603. The molecule has 1 heterocycles. The van der Waals surface area contributed by atoms with E-state index in [-0.39, 0.29) is 17.3 Å². The maximum absolute atomic E-state index is 13.7. The molecule has 3 aromatic rings. The molecule has 2 amide bonds. The first-order chi connectivity index (χ1) is 12.9. The fourth-order valence-corrected chi connectivity index (χ4v) is 2.62. The molecule has 0 saturated carbocycles. The van der Waals surface area contributed by atoms with E-state index in [1.165, 1.54) is 19.1 Å². The van der Waals surface area contributed by atoms with Crippen molar-refractivity contribution in [2.45, 2.75) is 19.9 Å². The number of nitrogens with zero attached hydrogens (tertiary/aromatic N) is 1. The van der Waals surface area contributed by atoms with Crippen LogP contribution in [0.1, 0.15) is 36.1 Å². The average Bonchev–Trinajstić information content (AvgIpc) is 3.14. The van der Waals surface area contributed by atoms with Crippen molar-refractivity contribution in [3.63, 3.8) is 0 Å². The molecule has 1 unspecified atom stereocenters. The van der Waals surface area contributed by atoms with Crippen LogP contribution in [-0.4, -0.2) is 21.8 Å². The summed E-state index contributed by atoms with van der Waals surface area (Å²) in [4.78, 5) is 31.1. The van der Waals surface area contributed by atoms with Crippen molar-refractivity contribution in [3.05, 3.63) is 71.9 Å². The second-order valence-electron chi connectivity index (χ2n) is 6.12. The predicted molar refractivity (Wildman–Crippen MR) is 101 cm³/mol. The Hall–Kier alpha value is -3.48. The Morgan fingerprint density at radius 2 is 1.89 bits per heavy atom. The molecule has 0 aliphatic heterocycles. The highest BCUT2D eigenvalue weighted by atomic mass is 19.1. The van der Waals surface area contributed by atoms with E-state index in [0.29, 0.717) is 5.82 Å². The number of H-pyrrole nitrogens is 1. The fraction of sp³-hybridized carbons (Fsp3) is 0.150. The summed E-state index contributed by atoms with van der Waals surface area (Å²) in [6, 6.07) is 13.1. The smallest absolute Gasteiger partial charge is 0.251 e. The number of nitrogens with one attached hydrogen (secondary N) is 3. The molecule has 138 valence electrons. The molecular formula is C20H19FN4O2. The van der Waals surface area contributed by atoms with Crippen molar-refractivity contribution in [2.24, 2.45) is 0 Å². The number of anilines is 1. The molecule has 0 spiro atoms. The van der Waals surface area contributed by atoms with Gasteiger partial charge in [-0.05, 0) is 30.7 Å². The van der Waals surface area contributed by atoms with Gasteiger partial charge in [-0.1, -0.05) is 30.3 Å². The predicted octanol–water partition coefficient (Wildman–Crippen LogP) is 3.67. The van der Waals surface area contributed by atoms with Gasteiger partial charge in [0.15, 0.2) is 0 Å². The molecule has 1 aromatic heterocycles. The number of halogens is 1. The summed E-state index contributed by atoms with van der Waals surface area (Å²) < 4.78 is 13.7. The van der Waals surface area contributed by atoms with Crippen LogP contribution in [0.4, 0.5) is 10.1 Å². The number of imidazole rings is 1. The Labute approximate surface area is 155 Å². The van der Waals surface area contributed by atoms with Crippen LogP contribution >= 0.6 is 0 Å². The second kappa shape index (κ2) is 7.82. The van der Waals surface area contributed by atoms with Gasteiger partial charge in [0.05, 0.1) is 23.6 Å². The maximum atomic E-state index is 13.7. The molecule has 0 aliphatic carbocycles. The Morgan fingerprint density at radius 1 is 1.15 bits per heavy atom. The monoisotopic (exact) mass is 366 g/mol.